The standard InChI is InChI=1S/C14H17BrN2O.CO2/c1-4-11-9-13(17(5-2)16-11)12-7-6-10(15)8-14(12)18-3;2-1-3/h6-9H,4-5H2,1-3H3;. The van der Waals surface area contributed by atoms with Gasteiger partial charge in [-0.25, -0.2) is 0 Å². The van der Waals surface area contributed by atoms with Crippen LogP contribution in [0.5, 0.6) is 5.75 Å². The van der Waals surface area contributed by atoms with E-state index >= 15 is 0 Å². The first-order valence-electron chi connectivity index (χ1n) is 6.51. The zero-order valence-corrected chi connectivity index (χ0v) is 13.8. The van der Waals surface area contributed by atoms with Gasteiger partial charge in [0.25, 0.3) is 0 Å². The van der Waals surface area contributed by atoms with Crippen molar-refractivity contribution in [3.05, 3.63) is 34.4 Å². The first kappa shape index (κ1) is 17.1. The van der Waals surface area contributed by atoms with Crippen molar-refractivity contribution >= 4 is 22.1 Å². The Hall–Kier alpha value is -1.91. The summed E-state index contributed by atoms with van der Waals surface area (Å²) in [6.07, 6.45) is 1.19. The highest BCUT2D eigenvalue weighted by molar-refractivity contribution is 9.10. The number of carbonyl (C=O) groups excluding carboxylic acids is 2. The molecule has 2 rings (SSSR count). The summed E-state index contributed by atoms with van der Waals surface area (Å²) in [4.78, 5) is 16.2. The normalized spacial score (nSPS) is 9.52. The van der Waals surface area contributed by atoms with Crippen molar-refractivity contribution in [3.8, 4) is 17.0 Å². The molecule has 0 unspecified atom stereocenters. The lowest BCUT2D eigenvalue weighted by Crippen LogP contribution is -2.00. The van der Waals surface area contributed by atoms with E-state index in [9.17, 15) is 0 Å². The maximum absolute atomic E-state index is 8.12. The highest BCUT2D eigenvalue weighted by atomic mass is 79.9. The molecule has 1 heterocycles. The molecule has 112 valence electrons. The molecule has 0 atom stereocenters. The van der Waals surface area contributed by atoms with Gasteiger partial charge in [-0.2, -0.15) is 14.7 Å². The fraction of sp³-hybridized carbons (Fsp3) is 0.333. The Bertz CT molecular complexity index is 632. The molecule has 2 aromatic rings. The van der Waals surface area contributed by atoms with Crippen LogP contribution in [0, 0.1) is 0 Å². The Morgan fingerprint density at radius 1 is 1.29 bits per heavy atom. The van der Waals surface area contributed by atoms with Crippen LogP contribution < -0.4 is 4.74 Å². The molecule has 0 aliphatic rings. The molecule has 1 aromatic heterocycles. The van der Waals surface area contributed by atoms with Crippen molar-refractivity contribution in [2.75, 3.05) is 7.11 Å². The van der Waals surface area contributed by atoms with Gasteiger partial charge in [0.05, 0.1) is 18.5 Å². The van der Waals surface area contributed by atoms with Crippen LogP contribution >= 0.6 is 15.9 Å². The zero-order valence-electron chi connectivity index (χ0n) is 12.2. The van der Waals surface area contributed by atoms with Gasteiger partial charge in [-0.3, -0.25) is 4.68 Å². The van der Waals surface area contributed by atoms with Crippen molar-refractivity contribution in [2.24, 2.45) is 0 Å². The van der Waals surface area contributed by atoms with Crippen LogP contribution in [0.4, 0.5) is 0 Å². The highest BCUT2D eigenvalue weighted by Crippen LogP contribution is 2.33. The number of hydrogen-bond donors (Lipinski definition) is 0. The second-order valence-electron chi connectivity index (χ2n) is 4.12. The smallest absolute Gasteiger partial charge is 0.373 e. The molecule has 0 aliphatic heterocycles. The Morgan fingerprint density at radius 3 is 2.48 bits per heavy atom. The van der Waals surface area contributed by atoms with Gasteiger partial charge in [0.2, 0.25) is 0 Å². The van der Waals surface area contributed by atoms with Crippen LogP contribution in [-0.4, -0.2) is 23.0 Å². The van der Waals surface area contributed by atoms with Crippen molar-refractivity contribution in [1.82, 2.24) is 9.78 Å². The van der Waals surface area contributed by atoms with Crippen LogP contribution in [-0.2, 0) is 22.6 Å². The molecule has 5 nitrogen and oxygen atoms in total. The van der Waals surface area contributed by atoms with E-state index in [2.05, 4.69) is 47.0 Å². The Balaban J connectivity index is 0.000000677. The third-order valence-electron chi connectivity index (χ3n) is 2.93. The van der Waals surface area contributed by atoms with Crippen LogP contribution in [0.1, 0.15) is 19.5 Å². The van der Waals surface area contributed by atoms with Gasteiger partial charge in [0.15, 0.2) is 0 Å². The summed E-state index contributed by atoms with van der Waals surface area (Å²) in [6, 6.07) is 8.20. The molecule has 0 bridgehead atoms. The number of aryl methyl sites for hydroxylation is 2. The minimum Gasteiger partial charge on any atom is -0.496 e. The molecule has 0 radical (unpaired) electrons. The third kappa shape index (κ3) is 4.28. The van der Waals surface area contributed by atoms with Crippen molar-refractivity contribution in [1.29, 1.82) is 0 Å². The number of nitrogens with zero attached hydrogens (tertiary/aromatic N) is 2. The third-order valence-corrected chi connectivity index (χ3v) is 3.43. The predicted octanol–water partition coefficient (Wildman–Crippen LogP) is 3.32. The van der Waals surface area contributed by atoms with E-state index in [1.807, 2.05) is 16.8 Å². The van der Waals surface area contributed by atoms with E-state index in [0.29, 0.717) is 0 Å². The molecule has 21 heavy (non-hydrogen) atoms. The lowest BCUT2D eigenvalue weighted by Gasteiger charge is -2.10. The number of aromatic nitrogens is 2. The summed E-state index contributed by atoms with van der Waals surface area (Å²) >= 11 is 3.46. The second-order valence-corrected chi connectivity index (χ2v) is 5.03. The lowest BCUT2D eigenvalue weighted by molar-refractivity contribution is -0.191. The fourth-order valence-electron chi connectivity index (χ4n) is 1.98. The van der Waals surface area contributed by atoms with E-state index in [1.54, 1.807) is 7.11 Å². The SMILES string of the molecule is CCc1cc(-c2ccc(Br)cc2OC)n(CC)n1.O=C=O. The lowest BCUT2D eigenvalue weighted by atomic mass is 10.1. The van der Waals surface area contributed by atoms with Crippen LogP contribution in [0.3, 0.4) is 0 Å². The molecule has 0 aliphatic carbocycles. The molecule has 0 N–H and O–H groups in total. The topological polar surface area (TPSA) is 61.2 Å². The molecule has 0 spiro atoms. The van der Waals surface area contributed by atoms with E-state index in [0.717, 1.165) is 40.1 Å². The highest BCUT2D eigenvalue weighted by Gasteiger charge is 2.12. The number of methoxy groups -OCH3 is 1. The van der Waals surface area contributed by atoms with Gasteiger partial charge >= 0.3 is 6.15 Å². The van der Waals surface area contributed by atoms with Gasteiger partial charge in [0, 0.05) is 16.6 Å². The van der Waals surface area contributed by atoms with Crippen molar-refractivity contribution < 1.29 is 14.3 Å². The number of halogens is 1. The van der Waals surface area contributed by atoms with Gasteiger partial charge in [-0.05, 0) is 37.6 Å². The Labute approximate surface area is 132 Å². The summed E-state index contributed by atoms with van der Waals surface area (Å²) in [5, 5.41) is 4.57. The maximum Gasteiger partial charge on any atom is 0.373 e. The molecule has 0 amide bonds. The van der Waals surface area contributed by atoms with Crippen LogP contribution in [0.15, 0.2) is 28.7 Å². The summed E-state index contributed by atoms with van der Waals surface area (Å²) in [5.74, 6) is 0.863. The minimum absolute atomic E-state index is 0.250. The Kier molecular flexibility index (Phi) is 6.85. The zero-order chi connectivity index (χ0) is 15.8. The molecule has 1 aromatic carbocycles. The summed E-state index contributed by atoms with van der Waals surface area (Å²) < 4.78 is 8.49. The molecular formula is C15H17BrN2O3. The number of hydrogen-bond acceptors (Lipinski definition) is 4. The van der Waals surface area contributed by atoms with Gasteiger partial charge in [-0.1, -0.05) is 22.9 Å². The van der Waals surface area contributed by atoms with Crippen LogP contribution in [0.25, 0.3) is 11.3 Å². The van der Waals surface area contributed by atoms with E-state index in [4.69, 9.17) is 14.3 Å². The molecule has 6 heteroatoms. The first-order chi connectivity index (χ1) is 10.1. The molecule has 0 saturated carbocycles. The summed E-state index contributed by atoms with van der Waals surface area (Å²) in [6.45, 7) is 5.07. The minimum atomic E-state index is 0.250. The summed E-state index contributed by atoms with van der Waals surface area (Å²) in [5.41, 5.74) is 3.30. The predicted molar refractivity (Wildman–Crippen MR) is 82.0 cm³/mol. The van der Waals surface area contributed by atoms with Gasteiger partial charge in [-0.15, -0.1) is 0 Å². The van der Waals surface area contributed by atoms with Crippen molar-refractivity contribution in [3.63, 3.8) is 0 Å². The molecule has 0 saturated heterocycles. The quantitative estimate of drug-likeness (QED) is 0.846. The van der Waals surface area contributed by atoms with Gasteiger partial charge in [0.1, 0.15) is 5.75 Å². The van der Waals surface area contributed by atoms with Gasteiger partial charge < -0.3 is 4.74 Å². The molecule has 0 fully saturated rings. The number of ether oxygens (including phenoxy) is 1. The average Bonchev–Trinajstić information content (AvgIpc) is 2.91. The Morgan fingerprint density at radius 2 is 1.95 bits per heavy atom. The maximum atomic E-state index is 8.12. The van der Waals surface area contributed by atoms with Crippen molar-refractivity contribution in [2.45, 2.75) is 26.8 Å². The monoisotopic (exact) mass is 352 g/mol. The second kappa shape index (κ2) is 8.39. The average molecular weight is 353 g/mol. The molecular weight excluding hydrogens is 336 g/mol. The summed E-state index contributed by atoms with van der Waals surface area (Å²) in [7, 11) is 1.69. The number of benzene rings is 1. The number of rotatable bonds is 4. The van der Waals surface area contributed by atoms with E-state index < -0.39 is 0 Å². The fourth-order valence-corrected chi connectivity index (χ4v) is 2.32. The largest absolute Gasteiger partial charge is 0.496 e. The van der Waals surface area contributed by atoms with E-state index in [1.165, 1.54) is 0 Å². The van der Waals surface area contributed by atoms with Crippen LogP contribution in [0.2, 0.25) is 0 Å². The van der Waals surface area contributed by atoms with E-state index in [-0.39, 0.29) is 6.15 Å². The first-order valence-corrected chi connectivity index (χ1v) is 7.30.